The van der Waals surface area contributed by atoms with Gasteiger partial charge in [0, 0.05) is 32.5 Å². The van der Waals surface area contributed by atoms with Crippen LogP contribution in [0.5, 0.6) is 0 Å². The quantitative estimate of drug-likeness (QED) is 0.361. The highest BCUT2D eigenvalue weighted by Crippen LogP contribution is 2.00. The highest BCUT2D eigenvalue weighted by molar-refractivity contribution is 5.79. The molecule has 0 aliphatic heterocycles. The molecule has 0 aliphatic carbocycles. The zero-order valence-corrected chi connectivity index (χ0v) is 15.7. The first-order valence-corrected chi connectivity index (χ1v) is 9.07. The molecule has 1 aromatic rings. The summed E-state index contributed by atoms with van der Waals surface area (Å²) < 4.78 is 16.4. The number of ether oxygens (including phenoxy) is 3. The summed E-state index contributed by atoms with van der Waals surface area (Å²) in [6.45, 7) is 9.54. The third-order valence-electron chi connectivity index (χ3n) is 3.40. The minimum absolute atomic E-state index is 0.607. The van der Waals surface area contributed by atoms with Gasteiger partial charge in [-0.05, 0) is 38.5 Å². The van der Waals surface area contributed by atoms with Crippen LogP contribution in [0.15, 0.2) is 34.3 Å². The minimum atomic E-state index is 0.607. The molecule has 0 bridgehead atoms. The molecule has 0 aliphatic rings. The maximum atomic E-state index is 5.52. The molecule has 0 fully saturated rings. The summed E-state index contributed by atoms with van der Waals surface area (Å²) in [6.07, 6.45) is 5.61. The van der Waals surface area contributed by atoms with Crippen molar-refractivity contribution in [3.05, 3.63) is 35.4 Å². The Hall–Kier alpha value is -1.56. The second kappa shape index (κ2) is 15.9. The number of nitrogens with zero attached hydrogens (tertiary/aromatic N) is 2. The molecule has 5 heteroatoms. The van der Waals surface area contributed by atoms with Gasteiger partial charge in [-0.15, -0.1) is 0 Å². The van der Waals surface area contributed by atoms with Crippen molar-refractivity contribution >= 4 is 12.4 Å². The number of benzene rings is 1. The Kier molecular flexibility index (Phi) is 13.7. The van der Waals surface area contributed by atoms with Crippen LogP contribution in [0.4, 0.5) is 0 Å². The molecule has 140 valence electrons. The second-order valence-corrected chi connectivity index (χ2v) is 5.65. The van der Waals surface area contributed by atoms with E-state index >= 15 is 0 Å². The predicted octanol–water partition coefficient (Wildman–Crippen LogP) is 3.33. The molecule has 5 nitrogen and oxygen atoms in total. The van der Waals surface area contributed by atoms with Crippen molar-refractivity contribution in [1.82, 2.24) is 0 Å². The van der Waals surface area contributed by atoms with Crippen LogP contribution in [0.25, 0.3) is 0 Å². The predicted molar refractivity (Wildman–Crippen MR) is 104 cm³/mol. The molecule has 0 amide bonds. The Balaban J connectivity index is 1.81. The zero-order chi connectivity index (χ0) is 18.0. The molecule has 1 rings (SSSR count). The molecule has 0 spiro atoms. The van der Waals surface area contributed by atoms with Crippen LogP contribution < -0.4 is 0 Å². The van der Waals surface area contributed by atoms with E-state index in [0.29, 0.717) is 33.0 Å². The molecule has 0 radical (unpaired) electrons. The van der Waals surface area contributed by atoms with Gasteiger partial charge in [-0.1, -0.05) is 29.8 Å². The normalized spacial score (nSPS) is 11.8. The van der Waals surface area contributed by atoms with Gasteiger partial charge in [-0.25, -0.2) is 0 Å². The Labute approximate surface area is 152 Å². The third kappa shape index (κ3) is 13.4. The van der Waals surface area contributed by atoms with Gasteiger partial charge in [-0.2, -0.15) is 0 Å². The summed E-state index contributed by atoms with van der Waals surface area (Å²) in [7, 11) is 0. The van der Waals surface area contributed by atoms with E-state index in [1.165, 1.54) is 5.56 Å². The minimum Gasteiger partial charge on any atom is -0.379 e. The Morgan fingerprint density at radius 2 is 1.28 bits per heavy atom. The lowest BCUT2D eigenvalue weighted by molar-refractivity contribution is 0.0143. The van der Waals surface area contributed by atoms with E-state index in [4.69, 9.17) is 14.2 Å². The number of aliphatic imine (C=N–C) groups is 2. The average Bonchev–Trinajstić information content (AvgIpc) is 2.63. The van der Waals surface area contributed by atoms with Crippen molar-refractivity contribution in [3.8, 4) is 0 Å². The molecule has 25 heavy (non-hydrogen) atoms. The number of aryl methyl sites for hydroxylation is 1. The monoisotopic (exact) mass is 348 g/mol. The Morgan fingerprint density at radius 1 is 0.760 bits per heavy atom. The van der Waals surface area contributed by atoms with E-state index < -0.39 is 0 Å². The Bertz CT molecular complexity index is 472. The van der Waals surface area contributed by atoms with Crippen LogP contribution >= 0.6 is 0 Å². The first kappa shape index (κ1) is 21.5. The van der Waals surface area contributed by atoms with Gasteiger partial charge in [0.05, 0.1) is 26.4 Å². The van der Waals surface area contributed by atoms with E-state index in [1.54, 1.807) is 0 Å². The fourth-order valence-corrected chi connectivity index (χ4v) is 2.01. The van der Waals surface area contributed by atoms with Gasteiger partial charge in [0.2, 0.25) is 0 Å². The topological polar surface area (TPSA) is 52.4 Å². The van der Waals surface area contributed by atoms with E-state index in [0.717, 1.165) is 38.1 Å². The van der Waals surface area contributed by atoms with Gasteiger partial charge in [0.25, 0.3) is 0 Å². The summed E-state index contributed by atoms with van der Waals surface area (Å²) in [4.78, 5) is 8.53. The lowest BCUT2D eigenvalue weighted by Gasteiger charge is -2.06. The molecule has 0 N–H and O–H groups in total. The van der Waals surface area contributed by atoms with Crippen molar-refractivity contribution in [1.29, 1.82) is 0 Å². The summed E-state index contributed by atoms with van der Waals surface area (Å²) >= 11 is 0. The van der Waals surface area contributed by atoms with Crippen LogP contribution in [0, 0.1) is 6.92 Å². The molecule has 0 saturated heterocycles. The summed E-state index contributed by atoms with van der Waals surface area (Å²) in [6, 6.07) is 8.35. The molecule has 0 aromatic heterocycles. The molecular formula is C20H32N2O3. The molecule has 0 unspecified atom stereocenters. The molecule has 0 heterocycles. The maximum absolute atomic E-state index is 5.52. The summed E-state index contributed by atoms with van der Waals surface area (Å²) in [5, 5.41) is 0. The lowest BCUT2D eigenvalue weighted by atomic mass is 10.2. The fourth-order valence-electron chi connectivity index (χ4n) is 2.01. The van der Waals surface area contributed by atoms with Gasteiger partial charge >= 0.3 is 0 Å². The third-order valence-corrected chi connectivity index (χ3v) is 3.40. The highest BCUT2D eigenvalue weighted by Gasteiger charge is 1.92. The lowest BCUT2D eigenvalue weighted by Crippen LogP contribution is -2.10. The summed E-state index contributed by atoms with van der Waals surface area (Å²) in [5.41, 5.74) is 2.40. The Morgan fingerprint density at radius 3 is 1.84 bits per heavy atom. The first-order valence-electron chi connectivity index (χ1n) is 9.07. The number of rotatable bonds is 15. The molecule has 0 saturated carbocycles. The SMILES string of the molecule is CC=NCCCOCCOCCOCCCN=Cc1ccc(C)cc1. The van der Waals surface area contributed by atoms with Crippen LogP contribution in [-0.4, -0.2) is 65.2 Å². The van der Waals surface area contributed by atoms with Crippen LogP contribution in [0.2, 0.25) is 0 Å². The van der Waals surface area contributed by atoms with Crippen molar-refractivity contribution in [2.75, 3.05) is 52.7 Å². The van der Waals surface area contributed by atoms with E-state index in [2.05, 4.69) is 41.2 Å². The van der Waals surface area contributed by atoms with Gasteiger partial charge in [-0.3, -0.25) is 9.98 Å². The van der Waals surface area contributed by atoms with Crippen LogP contribution in [-0.2, 0) is 14.2 Å². The average molecular weight is 348 g/mol. The van der Waals surface area contributed by atoms with Gasteiger partial charge < -0.3 is 14.2 Å². The van der Waals surface area contributed by atoms with Crippen molar-refractivity contribution in [2.24, 2.45) is 9.98 Å². The first-order chi connectivity index (χ1) is 12.3. The van der Waals surface area contributed by atoms with Gasteiger partial charge in [0.1, 0.15) is 0 Å². The number of hydrogen-bond donors (Lipinski definition) is 0. The van der Waals surface area contributed by atoms with Crippen LogP contribution in [0.3, 0.4) is 0 Å². The fraction of sp³-hybridized carbons (Fsp3) is 0.600. The van der Waals surface area contributed by atoms with Crippen molar-refractivity contribution in [3.63, 3.8) is 0 Å². The van der Waals surface area contributed by atoms with E-state index in [-0.39, 0.29) is 0 Å². The summed E-state index contributed by atoms with van der Waals surface area (Å²) in [5.74, 6) is 0. The van der Waals surface area contributed by atoms with Crippen molar-refractivity contribution in [2.45, 2.75) is 26.7 Å². The second-order valence-electron chi connectivity index (χ2n) is 5.65. The van der Waals surface area contributed by atoms with Crippen LogP contribution in [0.1, 0.15) is 30.9 Å². The largest absolute Gasteiger partial charge is 0.379 e. The smallest absolute Gasteiger partial charge is 0.0701 e. The van der Waals surface area contributed by atoms with Crippen molar-refractivity contribution < 1.29 is 14.2 Å². The molecule has 0 atom stereocenters. The standard InChI is InChI=1S/C20H32N2O3/c1-3-21-10-4-12-23-14-16-25-17-15-24-13-5-11-22-18-20-8-6-19(2)7-9-20/h3,6-9,18H,4-5,10-17H2,1-2H3. The highest BCUT2D eigenvalue weighted by atomic mass is 16.5. The van der Waals surface area contributed by atoms with Gasteiger partial charge in [0.15, 0.2) is 0 Å². The zero-order valence-electron chi connectivity index (χ0n) is 15.7. The molecular weight excluding hydrogens is 316 g/mol. The van der Waals surface area contributed by atoms with E-state index in [9.17, 15) is 0 Å². The van der Waals surface area contributed by atoms with E-state index in [1.807, 2.05) is 19.4 Å². The number of hydrogen-bond acceptors (Lipinski definition) is 5. The molecule has 1 aromatic carbocycles. The maximum Gasteiger partial charge on any atom is 0.0701 e.